The van der Waals surface area contributed by atoms with Crippen LogP contribution in [0.15, 0.2) is 35.7 Å². The normalized spacial score (nSPS) is 18.6. The quantitative estimate of drug-likeness (QED) is 0.239. The molecule has 1 aromatic carbocycles. The van der Waals surface area contributed by atoms with Gasteiger partial charge in [-0.05, 0) is 31.5 Å². The molecule has 11 heteroatoms. The number of hydrogen-bond acceptors (Lipinski definition) is 8. The Labute approximate surface area is 197 Å². The van der Waals surface area contributed by atoms with Gasteiger partial charge in [0, 0.05) is 44.4 Å². The van der Waals surface area contributed by atoms with Crippen LogP contribution in [0.1, 0.15) is 23.2 Å². The van der Waals surface area contributed by atoms with Crippen LogP contribution in [-0.2, 0) is 4.74 Å². The summed E-state index contributed by atoms with van der Waals surface area (Å²) in [5.41, 5.74) is 6.54. The van der Waals surface area contributed by atoms with Crippen LogP contribution >= 0.6 is 23.4 Å². The average Bonchev–Trinajstić information content (AvgIpc) is 2.79. The second-order valence-corrected chi connectivity index (χ2v) is 8.72. The molecule has 3 rings (SSSR count). The van der Waals surface area contributed by atoms with Gasteiger partial charge in [0.25, 0.3) is 5.91 Å². The van der Waals surface area contributed by atoms with Crippen LogP contribution in [-0.4, -0.2) is 78.0 Å². The van der Waals surface area contributed by atoms with Crippen molar-refractivity contribution in [3.63, 3.8) is 0 Å². The van der Waals surface area contributed by atoms with Gasteiger partial charge in [-0.3, -0.25) is 4.79 Å². The number of anilines is 1. The Balaban J connectivity index is 0.00000363. The van der Waals surface area contributed by atoms with E-state index in [9.17, 15) is 4.79 Å². The second kappa shape index (κ2) is 12.8. The molecule has 0 saturated carbocycles. The summed E-state index contributed by atoms with van der Waals surface area (Å²) >= 11 is 7.76. The van der Waals surface area contributed by atoms with Crippen molar-refractivity contribution in [1.29, 1.82) is 0 Å². The Morgan fingerprint density at radius 3 is 2.78 bits per heavy atom. The molecular formula is C21H30ClN5O4S. The van der Waals surface area contributed by atoms with Gasteiger partial charge in [0.1, 0.15) is 5.75 Å². The highest BCUT2D eigenvalue weighted by Gasteiger charge is 2.31. The highest BCUT2D eigenvalue weighted by molar-refractivity contribution is 7.99. The fourth-order valence-corrected chi connectivity index (χ4v) is 4.45. The molecule has 176 valence electrons. The van der Waals surface area contributed by atoms with Gasteiger partial charge in [-0.25, -0.2) is 9.97 Å². The predicted molar refractivity (Wildman–Crippen MR) is 127 cm³/mol. The number of methoxy groups -OCH3 is 2. The first-order chi connectivity index (χ1) is 15.0. The summed E-state index contributed by atoms with van der Waals surface area (Å²) in [6.07, 6.45) is 5.23. The number of hydrogen-bond donors (Lipinski definition) is 2. The summed E-state index contributed by atoms with van der Waals surface area (Å²) in [4.78, 5) is 23.7. The van der Waals surface area contributed by atoms with E-state index in [1.54, 1.807) is 37.3 Å². The number of nitrogens with one attached hydrogen (secondary N) is 1. The molecule has 1 saturated heterocycles. The number of aromatic nitrogens is 2. The Morgan fingerprint density at radius 2 is 2.09 bits per heavy atom. The number of nitrogens with two attached hydrogens (primary N) is 1. The van der Waals surface area contributed by atoms with Crippen molar-refractivity contribution < 1.29 is 19.7 Å². The summed E-state index contributed by atoms with van der Waals surface area (Å²) < 4.78 is 11.0. The molecule has 2 atom stereocenters. The van der Waals surface area contributed by atoms with E-state index < -0.39 is 0 Å². The van der Waals surface area contributed by atoms with Crippen LogP contribution in [0.25, 0.3) is 0 Å². The summed E-state index contributed by atoms with van der Waals surface area (Å²) in [5.74, 6) is 1.10. The minimum atomic E-state index is -0.251. The smallest absolute Gasteiger partial charge is 0.255 e. The number of carbonyl (C=O) groups is 1. The number of nitrogens with zero attached hydrogens (tertiary/aromatic N) is 3. The molecule has 0 spiro atoms. The van der Waals surface area contributed by atoms with Crippen LogP contribution in [0.4, 0.5) is 5.69 Å². The van der Waals surface area contributed by atoms with E-state index in [4.69, 9.17) is 26.8 Å². The summed E-state index contributed by atoms with van der Waals surface area (Å²) in [6.45, 7) is 2.60. The Morgan fingerprint density at radius 1 is 1.34 bits per heavy atom. The lowest BCUT2D eigenvalue weighted by atomic mass is 10.0. The Bertz CT molecular complexity index is 877. The van der Waals surface area contributed by atoms with E-state index in [0.29, 0.717) is 22.0 Å². The second-order valence-electron chi connectivity index (χ2n) is 7.25. The first-order valence-corrected chi connectivity index (χ1v) is 11.5. The summed E-state index contributed by atoms with van der Waals surface area (Å²) in [6, 6.07) is 4.82. The average molecular weight is 484 g/mol. The predicted octanol–water partition coefficient (Wildman–Crippen LogP) is 1.90. The third-order valence-corrected chi connectivity index (χ3v) is 6.51. The lowest BCUT2D eigenvalue weighted by molar-refractivity contribution is 0.00655. The lowest BCUT2D eigenvalue weighted by Crippen LogP contribution is -2.55. The zero-order chi connectivity index (χ0) is 22.2. The maximum absolute atomic E-state index is 12.9. The van der Waals surface area contributed by atoms with Gasteiger partial charge in [-0.2, -0.15) is 0 Å². The number of piperidine rings is 1. The standard InChI is InChI=1S/C21H28ClN5O3S.H2O/c1-29-18-12-16(23)15(22)11-14(18)20(28)26-17-5-9-27(13-19(17)30-2)8-4-10-31-21-24-6-3-7-25-21;/h3,6-7,11-12,17,19H,4-5,8-10,13,23H2,1-2H3,(H,26,28);1H2/t17-,19+;/m1./s1. The number of thioether (sulfide) groups is 1. The number of benzene rings is 1. The maximum Gasteiger partial charge on any atom is 0.255 e. The number of halogens is 1. The minimum Gasteiger partial charge on any atom is -0.496 e. The number of amides is 1. The topological polar surface area (TPSA) is 134 Å². The fraction of sp³-hybridized carbons (Fsp3) is 0.476. The molecule has 5 N–H and O–H groups in total. The van der Waals surface area contributed by atoms with E-state index in [-0.39, 0.29) is 23.5 Å². The van der Waals surface area contributed by atoms with Gasteiger partial charge in [0.05, 0.1) is 35.5 Å². The number of carbonyl (C=O) groups excluding carboxylic acids is 1. The number of likely N-dealkylation sites (tertiary alicyclic amines) is 1. The molecule has 32 heavy (non-hydrogen) atoms. The molecular weight excluding hydrogens is 454 g/mol. The van der Waals surface area contributed by atoms with Crippen LogP contribution < -0.4 is 15.8 Å². The third-order valence-electron chi connectivity index (χ3n) is 5.22. The highest BCUT2D eigenvalue weighted by atomic mass is 35.5. The van der Waals surface area contributed by atoms with Crippen molar-refractivity contribution >= 4 is 35.0 Å². The largest absolute Gasteiger partial charge is 0.496 e. The van der Waals surface area contributed by atoms with Gasteiger partial charge >= 0.3 is 0 Å². The lowest BCUT2D eigenvalue weighted by Gasteiger charge is -2.38. The van der Waals surface area contributed by atoms with Gasteiger partial charge in [0.2, 0.25) is 0 Å². The van der Waals surface area contributed by atoms with Crippen molar-refractivity contribution in [3.05, 3.63) is 41.2 Å². The highest BCUT2D eigenvalue weighted by Crippen LogP contribution is 2.29. The number of ether oxygens (including phenoxy) is 2. The monoisotopic (exact) mass is 483 g/mol. The maximum atomic E-state index is 12.9. The van der Waals surface area contributed by atoms with E-state index in [0.717, 1.165) is 43.4 Å². The zero-order valence-electron chi connectivity index (χ0n) is 18.2. The van der Waals surface area contributed by atoms with Gasteiger partial charge in [-0.1, -0.05) is 23.4 Å². The van der Waals surface area contributed by atoms with E-state index in [2.05, 4.69) is 20.2 Å². The van der Waals surface area contributed by atoms with Gasteiger partial charge < -0.3 is 30.9 Å². The molecule has 1 aliphatic rings. The Hall–Kier alpha value is -2.11. The van der Waals surface area contributed by atoms with E-state index in [1.807, 2.05) is 6.07 Å². The Kier molecular flexibility index (Phi) is 10.5. The number of nitrogen functional groups attached to an aromatic ring is 1. The first-order valence-electron chi connectivity index (χ1n) is 10.1. The molecule has 0 aliphatic carbocycles. The molecule has 0 radical (unpaired) electrons. The molecule has 1 fully saturated rings. The molecule has 1 amide bonds. The van der Waals surface area contributed by atoms with E-state index >= 15 is 0 Å². The van der Waals surface area contributed by atoms with Crippen LogP contribution in [0.2, 0.25) is 5.02 Å². The van der Waals surface area contributed by atoms with Crippen molar-refractivity contribution in [2.75, 3.05) is 45.3 Å². The molecule has 2 heterocycles. The third kappa shape index (κ3) is 6.94. The zero-order valence-corrected chi connectivity index (χ0v) is 19.8. The van der Waals surface area contributed by atoms with Crippen molar-refractivity contribution in [3.8, 4) is 5.75 Å². The fourth-order valence-electron chi connectivity index (χ4n) is 3.56. The van der Waals surface area contributed by atoms with Crippen LogP contribution in [0, 0.1) is 0 Å². The van der Waals surface area contributed by atoms with E-state index in [1.165, 1.54) is 13.2 Å². The van der Waals surface area contributed by atoms with Crippen LogP contribution in [0.3, 0.4) is 0 Å². The number of rotatable bonds is 9. The first kappa shape index (κ1) is 26.1. The van der Waals surface area contributed by atoms with Gasteiger partial charge in [-0.15, -0.1) is 0 Å². The molecule has 1 aliphatic heterocycles. The van der Waals surface area contributed by atoms with Crippen molar-refractivity contribution in [2.45, 2.75) is 30.1 Å². The molecule has 9 nitrogen and oxygen atoms in total. The summed E-state index contributed by atoms with van der Waals surface area (Å²) in [5, 5.41) is 4.20. The SMILES string of the molecule is COc1cc(N)c(Cl)cc1C(=O)N[C@@H]1CCN(CCCSc2ncccn2)C[C@@H]1OC.O. The summed E-state index contributed by atoms with van der Waals surface area (Å²) in [7, 11) is 3.18. The van der Waals surface area contributed by atoms with Crippen LogP contribution in [0.5, 0.6) is 5.75 Å². The van der Waals surface area contributed by atoms with Gasteiger partial charge in [0.15, 0.2) is 5.16 Å². The minimum absolute atomic E-state index is 0. The molecule has 1 aromatic heterocycles. The van der Waals surface area contributed by atoms with Crippen molar-refractivity contribution in [2.24, 2.45) is 0 Å². The molecule has 2 aromatic rings. The molecule has 0 unspecified atom stereocenters. The van der Waals surface area contributed by atoms with Crippen molar-refractivity contribution in [1.82, 2.24) is 20.2 Å². The molecule has 0 bridgehead atoms.